The molecule has 0 radical (unpaired) electrons. The van der Waals surface area contributed by atoms with Crippen molar-refractivity contribution in [2.24, 2.45) is 0 Å². The highest BCUT2D eigenvalue weighted by Crippen LogP contribution is 2.28. The summed E-state index contributed by atoms with van der Waals surface area (Å²) in [7, 11) is 0. The van der Waals surface area contributed by atoms with Crippen molar-refractivity contribution in [3.8, 4) is 5.82 Å². The average molecular weight is 532 g/mol. The minimum absolute atomic E-state index is 0.0191. The van der Waals surface area contributed by atoms with E-state index >= 15 is 0 Å². The number of nitrogens with one attached hydrogen (secondary N) is 1. The Bertz CT molecular complexity index is 1530. The zero-order chi connectivity index (χ0) is 27.2. The number of hydrogen-bond acceptors (Lipinski definition) is 10. The number of amides is 2. The minimum Gasteiger partial charge on any atom is -0.380 e. The van der Waals surface area contributed by atoms with Gasteiger partial charge in [-0.3, -0.25) is 14.5 Å². The number of rotatable bonds is 5. The molecule has 1 fully saturated rings. The molecule has 38 heavy (non-hydrogen) atoms. The lowest BCUT2D eigenvalue weighted by Gasteiger charge is -2.37. The fraction of sp³-hybridized carbons (Fsp3) is 0.273. The summed E-state index contributed by atoms with van der Waals surface area (Å²) in [5.41, 5.74) is 3.92. The Hall–Kier alpha value is -4.57. The summed E-state index contributed by atoms with van der Waals surface area (Å²) in [5.74, 6) is -3.00. The molecule has 3 aromatic heterocycles. The summed E-state index contributed by atoms with van der Waals surface area (Å²) in [6.45, 7) is 1.09. The maximum Gasteiger partial charge on any atom is 0.451 e. The third-order valence-electron chi connectivity index (χ3n) is 5.80. The number of hydrogen-bond donors (Lipinski definition) is 3. The average Bonchev–Trinajstić information content (AvgIpc) is 3.51. The molecule has 1 saturated heterocycles. The fourth-order valence-electron chi connectivity index (χ4n) is 3.83. The monoisotopic (exact) mass is 532 g/mol. The van der Waals surface area contributed by atoms with E-state index in [9.17, 15) is 27.9 Å². The first-order valence-electron chi connectivity index (χ1n) is 11.0. The van der Waals surface area contributed by atoms with Crippen molar-refractivity contribution in [1.29, 1.82) is 0 Å². The van der Waals surface area contributed by atoms with Crippen LogP contribution < -0.4 is 16.0 Å². The molecule has 1 aromatic carbocycles. The highest BCUT2D eigenvalue weighted by Gasteiger charge is 2.49. The zero-order valence-corrected chi connectivity index (χ0v) is 19.5. The number of carbonyl (C=O) groups excluding carboxylic acids is 2. The Morgan fingerprint density at radius 2 is 2.03 bits per heavy atom. The van der Waals surface area contributed by atoms with Crippen molar-refractivity contribution in [3.05, 3.63) is 48.5 Å². The molecule has 16 heteroatoms. The maximum atomic E-state index is 13.2. The number of nitrogens with two attached hydrogens (primary N) is 1. The zero-order valence-electron chi connectivity index (χ0n) is 19.5. The number of halogens is 3. The van der Waals surface area contributed by atoms with Crippen LogP contribution >= 0.6 is 0 Å². The van der Waals surface area contributed by atoms with Crippen molar-refractivity contribution in [1.82, 2.24) is 24.9 Å². The second kappa shape index (κ2) is 9.07. The highest BCUT2D eigenvalue weighted by molar-refractivity contribution is 6.06. The van der Waals surface area contributed by atoms with E-state index in [1.165, 1.54) is 30.5 Å². The number of aromatic nitrogens is 5. The number of anilines is 3. The van der Waals surface area contributed by atoms with Crippen LogP contribution in [0.4, 0.5) is 30.5 Å². The Balaban J connectivity index is 1.34. The Morgan fingerprint density at radius 1 is 1.24 bits per heavy atom. The summed E-state index contributed by atoms with van der Waals surface area (Å²) in [4.78, 5) is 34.0. The van der Waals surface area contributed by atoms with Crippen molar-refractivity contribution in [2.75, 3.05) is 29.1 Å². The number of fused-ring (bicyclic) bond motifs is 1. The largest absolute Gasteiger partial charge is 0.451 e. The topological polar surface area (TPSA) is 175 Å². The highest BCUT2D eigenvalue weighted by atomic mass is 19.4. The molecule has 1 aliphatic heterocycles. The van der Waals surface area contributed by atoms with Gasteiger partial charge in [0, 0.05) is 36.3 Å². The van der Waals surface area contributed by atoms with E-state index in [-0.39, 0.29) is 36.3 Å². The molecular weight excluding hydrogens is 513 g/mol. The SMILES string of the molecule is CC(O)(C(=O)Nc1ccc2c(N)noc2c1)C1OCCN(c2ccn(-c3ccnc(C(F)(F)F)n3)n2)C1=O. The number of morpholine rings is 1. The van der Waals surface area contributed by atoms with Crippen LogP contribution in [0.1, 0.15) is 12.7 Å². The number of alkyl halides is 3. The van der Waals surface area contributed by atoms with Gasteiger partial charge in [0.2, 0.25) is 5.82 Å². The van der Waals surface area contributed by atoms with Gasteiger partial charge in [0.05, 0.1) is 18.5 Å². The van der Waals surface area contributed by atoms with Crippen LogP contribution in [0.2, 0.25) is 0 Å². The third kappa shape index (κ3) is 4.50. The predicted molar refractivity (Wildman–Crippen MR) is 124 cm³/mol. The van der Waals surface area contributed by atoms with Crippen molar-refractivity contribution in [2.45, 2.75) is 24.8 Å². The molecule has 4 heterocycles. The van der Waals surface area contributed by atoms with E-state index in [1.807, 2.05) is 0 Å². The van der Waals surface area contributed by atoms with E-state index < -0.39 is 35.5 Å². The standard InChI is InChI=1S/C22H19F3N8O5/c1-21(36,20(35)28-11-2-3-12-13(10-11)38-31-17(12)26)16-18(34)32(8-9-37-16)15-5-7-33(30-15)14-4-6-27-19(29-14)22(23,24)25/h2-7,10,16,36H,8-9H2,1H3,(H2,26,31)(H,28,35). The molecule has 2 unspecified atom stereocenters. The van der Waals surface area contributed by atoms with Crippen LogP contribution in [0.3, 0.4) is 0 Å². The quantitative estimate of drug-likeness (QED) is 0.342. The molecule has 5 rings (SSSR count). The minimum atomic E-state index is -4.75. The predicted octanol–water partition coefficient (Wildman–Crippen LogP) is 1.53. The van der Waals surface area contributed by atoms with Crippen LogP contribution in [0.5, 0.6) is 0 Å². The lowest BCUT2D eigenvalue weighted by molar-refractivity contribution is -0.165. The first-order chi connectivity index (χ1) is 17.9. The van der Waals surface area contributed by atoms with Gasteiger partial charge in [-0.25, -0.2) is 14.6 Å². The van der Waals surface area contributed by atoms with Gasteiger partial charge in [-0.05, 0) is 19.1 Å². The second-order valence-corrected chi connectivity index (χ2v) is 8.48. The smallest absolute Gasteiger partial charge is 0.380 e. The summed E-state index contributed by atoms with van der Waals surface area (Å²) >= 11 is 0. The van der Waals surface area contributed by atoms with Gasteiger partial charge in [0.1, 0.15) is 0 Å². The summed E-state index contributed by atoms with van der Waals surface area (Å²) in [5, 5.41) is 21.8. The number of benzene rings is 1. The first kappa shape index (κ1) is 25.1. The fourth-order valence-corrected chi connectivity index (χ4v) is 3.83. The molecule has 2 amide bonds. The van der Waals surface area contributed by atoms with Crippen LogP contribution in [-0.4, -0.2) is 66.7 Å². The number of aliphatic hydroxyl groups is 1. The summed E-state index contributed by atoms with van der Waals surface area (Å²) in [6, 6.07) is 7.13. The van der Waals surface area contributed by atoms with Gasteiger partial charge >= 0.3 is 6.18 Å². The first-order valence-corrected chi connectivity index (χ1v) is 11.0. The molecule has 4 aromatic rings. The normalized spacial score (nSPS) is 18.0. The molecule has 13 nitrogen and oxygen atoms in total. The number of nitrogens with zero attached hydrogens (tertiary/aromatic N) is 6. The molecule has 1 aliphatic rings. The summed E-state index contributed by atoms with van der Waals surface area (Å²) < 4.78 is 50.5. The van der Waals surface area contributed by atoms with Crippen molar-refractivity contribution in [3.63, 3.8) is 0 Å². The number of carbonyl (C=O) groups is 2. The molecule has 0 aliphatic carbocycles. The van der Waals surface area contributed by atoms with E-state index in [1.54, 1.807) is 6.07 Å². The lowest BCUT2D eigenvalue weighted by Crippen LogP contribution is -2.61. The van der Waals surface area contributed by atoms with Crippen LogP contribution in [-0.2, 0) is 20.5 Å². The number of nitrogen functional groups attached to an aromatic ring is 1. The van der Waals surface area contributed by atoms with E-state index in [0.717, 1.165) is 22.7 Å². The molecule has 4 N–H and O–H groups in total. The molecule has 2 atom stereocenters. The number of ether oxygens (including phenoxy) is 1. The maximum absolute atomic E-state index is 13.2. The third-order valence-corrected chi connectivity index (χ3v) is 5.80. The molecule has 0 saturated carbocycles. The molecular formula is C22H19F3N8O5. The summed E-state index contributed by atoms with van der Waals surface area (Å²) in [6.07, 6.45) is -4.11. The van der Waals surface area contributed by atoms with E-state index in [0.29, 0.717) is 11.0 Å². The van der Waals surface area contributed by atoms with Gasteiger partial charge in [-0.1, -0.05) is 5.16 Å². The molecule has 0 bridgehead atoms. The lowest BCUT2D eigenvalue weighted by atomic mass is 9.95. The van der Waals surface area contributed by atoms with Gasteiger partial charge in [-0.2, -0.15) is 13.2 Å². The van der Waals surface area contributed by atoms with Crippen LogP contribution in [0.25, 0.3) is 16.8 Å². The molecule has 198 valence electrons. The Labute approximate surface area is 211 Å². The van der Waals surface area contributed by atoms with Gasteiger partial charge in [0.15, 0.2) is 34.7 Å². The van der Waals surface area contributed by atoms with E-state index in [2.05, 4.69) is 25.5 Å². The van der Waals surface area contributed by atoms with Gasteiger partial charge in [-0.15, -0.1) is 5.10 Å². The molecule has 0 spiro atoms. The van der Waals surface area contributed by atoms with Crippen LogP contribution in [0, 0.1) is 0 Å². The Morgan fingerprint density at radius 3 is 2.79 bits per heavy atom. The van der Waals surface area contributed by atoms with Gasteiger partial charge < -0.3 is 25.4 Å². The Kier molecular flexibility index (Phi) is 5.99. The second-order valence-electron chi connectivity index (χ2n) is 8.48. The van der Waals surface area contributed by atoms with Crippen molar-refractivity contribution >= 4 is 40.1 Å². The van der Waals surface area contributed by atoms with Crippen molar-refractivity contribution < 1.29 is 37.1 Å². The van der Waals surface area contributed by atoms with Crippen LogP contribution in [0.15, 0.2) is 47.2 Å². The van der Waals surface area contributed by atoms with Gasteiger partial charge in [0.25, 0.3) is 11.8 Å². The van der Waals surface area contributed by atoms with E-state index in [4.69, 9.17) is 15.0 Å².